The van der Waals surface area contributed by atoms with Crippen molar-refractivity contribution in [3.8, 4) is 0 Å². The van der Waals surface area contributed by atoms with E-state index >= 15 is 0 Å². The second-order valence-electron chi connectivity index (χ2n) is 4.86. The standard InChI is InChI=1S/C12H22N2O4/c1-8(13)4-3-5-11(15)14-7-9(18-2)6-10(14)12(16)17/h8-10H,3-7,13H2,1-2H3,(H,16,17). The number of nitrogens with zero attached hydrogens (tertiary/aromatic N) is 1. The fourth-order valence-electron chi connectivity index (χ4n) is 2.20. The molecule has 1 heterocycles. The molecule has 1 rings (SSSR count). The summed E-state index contributed by atoms with van der Waals surface area (Å²) in [5.41, 5.74) is 5.61. The number of carboxylic acids is 1. The highest BCUT2D eigenvalue weighted by atomic mass is 16.5. The average molecular weight is 258 g/mol. The molecule has 3 N–H and O–H groups in total. The summed E-state index contributed by atoms with van der Waals surface area (Å²) in [6, 6.07) is -0.684. The van der Waals surface area contributed by atoms with Crippen LogP contribution in [0, 0.1) is 0 Å². The van der Waals surface area contributed by atoms with Crippen LogP contribution >= 0.6 is 0 Å². The van der Waals surface area contributed by atoms with Gasteiger partial charge < -0.3 is 20.5 Å². The largest absolute Gasteiger partial charge is 0.480 e. The SMILES string of the molecule is COC1CC(C(=O)O)N(C(=O)CCCC(C)N)C1. The predicted octanol–water partition coefficient (Wildman–Crippen LogP) is 0.204. The average Bonchev–Trinajstić information content (AvgIpc) is 2.72. The van der Waals surface area contributed by atoms with Gasteiger partial charge in [0.2, 0.25) is 5.91 Å². The van der Waals surface area contributed by atoms with E-state index in [0.717, 1.165) is 6.42 Å². The molecule has 0 aliphatic carbocycles. The summed E-state index contributed by atoms with van der Waals surface area (Å²) in [7, 11) is 1.54. The number of nitrogens with two attached hydrogens (primary N) is 1. The monoisotopic (exact) mass is 258 g/mol. The Hall–Kier alpha value is -1.14. The first kappa shape index (κ1) is 14.9. The number of ether oxygens (including phenoxy) is 1. The van der Waals surface area contributed by atoms with Crippen LogP contribution in [0.25, 0.3) is 0 Å². The Labute approximate surface area is 107 Å². The van der Waals surface area contributed by atoms with Crippen molar-refractivity contribution in [3.63, 3.8) is 0 Å². The Bertz CT molecular complexity index is 306. The van der Waals surface area contributed by atoms with E-state index in [-0.39, 0.29) is 18.1 Å². The van der Waals surface area contributed by atoms with Gasteiger partial charge in [-0.05, 0) is 19.8 Å². The molecular weight excluding hydrogens is 236 g/mol. The van der Waals surface area contributed by atoms with Gasteiger partial charge in [-0.25, -0.2) is 4.79 Å². The molecular formula is C12H22N2O4. The van der Waals surface area contributed by atoms with E-state index in [2.05, 4.69) is 0 Å². The number of carboxylic acid groups (broad SMARTS) is 1. The molecule has 3 atom stereocenters. The number of hydrogen-bond acceptors (Lipinski definition) is 4. The quantitative estimate of drug-likeness (QED) is 0.710. The Morgan fingerprint density at radius 2 is 2.22 bits per heavy atom. The van der Waals surface area contributed by atoms with Gasteiger partial charge in [-0.1, -0.05) is 0 Å². The number of carbonyl (C=O) groups is 2. The summed E-state index contributed by atoms with van der Waals surface area (Å²) in [4.78, 5) is 24.5. The summed E-state index contributed by atoms with van der Waals surface area (Å²) in [5, 5.41) is 9.09. The fourth-order valence-corrected chi connectivity index (χ4v) is 2.20. The highest BCUT2D eigenvalue weighted by molar-refractivity contribution is 5.84. The second-order valence-corrected chi connectivity index (χ2v) is 4.86. The smallest absolute Gasteiger partial charge is 0.326 e. The van der Waals surface area contributed by atoms with Crippen molar-refractivity contribution < 1.29 is 19.4 Å². The minimum Gasteiger partial charge on any atom is -0.480 e. The lowest BCUT2D eigenvalue weighted by Gasteiger charge is -2.21. The van der Waals surface area contributed by atoms with Gasteiger partial charge in [0.15, 0.2) is 0 Å². The van der Waals surface area contributed by atoms with Crippen LogP contribution in [0.2, 0.25) is 0 Å². The lowest BCUT2D eigenvalue weighted by atomic mass is 10.1. The lowest BCUT2D eigenvalue weighted by Crippen LogP contribution is -2.40. The zero-order valence-electron chi connectivity index (χ0n) is 11.0. The Morgan fingerprint density at radius 3 is 2.72 bits per heavy atom. The second kappa shape index (κ2) is 6.70. The highest BCUT2D eigenvalue weighted by Crippen LogP contribution is 2.21. The van der Waals surface area contributed by atoms with E-state index in [0.29, 0.717) is 25.8 Å². The molecule has 1 aliphatic heterocycles. The molecule has 0 aromatic heterocycles. The maximum absolute atomic E-state index is 12.0. The molecule has 0 saturated carbocycles. The van der Waals surface area contributed by atoms with Crippen LogP contribution in [0.1, 0.15) is 32.6 Å². The van der Waals surface area contributed by atoms with Gasteiger partial charge >= 0.3 is 5.97 Å². The number of likely N-dealkylation sites (tertiary alicyclic amines) is 1. The number of methoxy groups -OCH3 is 1. The van der Waals surface area contributed by atoms with Crippen molar-refractivity contribution >= 4 is 11.9 Å². The molecule has 0 spiro atoms. The third kappa shape index (κ3) is 3.96. The topological polar surface area (TPSA) is 92.9 Å². The van der Waals surface area contributed by atoms with Crippen molar-refractivity contribution in [2.24, 2.45) is 5.73 Å². The van der Waals surface area contributed by atoms with E-state index in [1.54, 1.807) is 0 Å². The zero-order chi connectivity index (χ0) is 13.7. The first-order chi connectivity index (χ1) is 8.45. The van der Waals surface area contributed by atoms with Gasteiger partial charge in [0, 0.05) is 32.5 Å². The van der Waals surface area contributed by atoms with Crippen LogP contribution in [-0.2, 0) is 14.3 Å². The van der Waals surface area contributed by atoms with E-state index in [1.807, 2.05) is 6.92 Å². The van der Waals surface area contributed by atoms with Gasteiger partial charge in [0.1, 0.15) is 6.04 Å². The molecule has 6 heteroatoms. The molecule has 1 fully saturated rings. The van der Waals surface area contributed by atoms with Crippen LogP contribution in [0.15, 0.2) is 0 Å². The maximum Gasteiger partial charge on any atom is 0.326 e. The molecule has 1 saturated heterocycles. The van der Waals surface area contributed by atoms with E-state index in [1.165, 1.54) is 12.0 Å². The third-order valence-corrected chi connectivity index (χ3v) is 3.25. The van der Waals surface area contributed by atoms with Gasteiger partial charge in [-0.2, -0.15) is 0 Å². The van der Waals surface area contributed by atoms with Gasteiger partial charge in [0.25, 0.3) is 0 Å². The van der Waals surface area contributed by atoms with E-state index < -0.39 is 12.0 Å². The molecule has 18 heavy (non-hydrogen) atoms. The molecule has 0 aromatic rings. The first-order valence-corrected chi connectivity index (χ1v) is 6.26. The number of hydrogen-bond donors (Lipinski definition) is 2. The van der Waals surface area contributed by atoms with E-state index in [4.69, 9.17) is 15.6 Å². The zero-order valence-corrected chi connectivity index (χ0v) is 11.0. The Kier molecular flexibility index (Phi) is 5.55. The molecule has 1 aliphatic rings. The molecule has 3 unspecified atom stereocenters. The van der Waals surface area contributed by atoms with Crippen LogP contribution < -0.4 is 5.73 Å². The van der Waals surface area contributed by atoms with E-state index in [9.17, 15) is 9.59 Å². The number of amides is 1. The van der Waals surface area contributed by atoms with Gasteiger partial charge in [-0.3, -0.25) is 4.79 Å². The minimum atomic E-state index is -0.963. The summed E-state index contributed by atoms with van der Waals surface area (Å²) in [6.07, 6.45) is 2.00. The number of aliphatic carboxylic acids is 1. The summed E-state index contributed by atoms with van der Waals surface area (Å²) >= 11 is 0. The van der Waals surface area contributed by atoms with Crippen molar-refractivity contribution in [1.29, 1.82) is 0 Å². The van der Waals surface area contributed by atoms with Crippen LogP contribution in [-0.4, -0.2) is 53.7 Å². The molecule has 0 radical (unpaired) electrons. The van der Waals surface area contributed by atoms with Crippen molar-refractivity contribution in [3.05, 3.63) is 0 Å². The number of carbonyl (C=O) groups excluding carboxylic acids is 1. The van der Waals surface area contributed by atoms with Crippen molar-refractivity contribution in [2.45, 2.75) is 50.8 Å². The third-order valence-electron chi connectivity index (χ3n) is 3.25. The molecule has 0 aromatic carbocycles. The van der Waals surface area contributed by atoms with Crippen LogP contribution in [0.5, 0.6) is 0 Å². The summed E-state index contributed by atoms with van der Waals surface area (Å²) in [6.45, 7) is 2.26. The van der Waals surface area contributed by atoms with Crippen LogP contribution in [0.4, 0.5) is 0 Å². The summed E-state index contributed by atoms with van der Waals surface area (Å²) in [5.74, 6) is -1.09. The fraction of sp³-hybridized carbons (Fsp3) is 0.833. The van der Waals surface area contributed by atoms with Crippen molar-refractivity contribution in [1.82, 2.24) is 4.90 Å². The Morgan fingerprint density at radius 1 is 1.56 bits per heavy atom. The van der Waals surface area contributed by atoms with Crippen molar-refractivity contribution in [2.75, 3.05) is 13.7 Å². The van der Waals surface area contributed by atoms with Gasteiger partial charge in [0.05, 0.1) is 6.10 Å². The molecule has 104 valence electrons. The highest BCUT2D eigenvalue weighted by Gasteiger charge is 2.39. The normalized spacial score (nSPS) is 25.2. The maximum atomic E-state index is 12.0. The first-order valence-electron chi connectivity index (χ1n) is 6.26. The molecule has 1 amide bonds. The predicted molar refractivity (Wildman–Crippen MR) is 66.1 cm³/mol. The van der Waals surface area contributed by atoms with Gasteiger partial charge in [-0.15, -0.1) is 0 Å². The Balaban J connectivity index is 2.51. The van der Waals surface area contributed by atoms with Crippen LogP contribution in [0.3, 0.4) is 0 Å². The minimum absolute atomic E-state index is 0.0679. The number of rotatable bonds is 6. The molecule has 0 bridgehead atoms. The lowest BCUT2D eigenvalue weighted by molar-refractivity contribution is -0.148. The molecule has 6 nitrogen and oxygen atoms in total. The summed E-state index contributed by atoms with van der Waals surface area (Å²) < 4.78 is 5.14.